The van der Waals surface area contributed by atoms with Crippen LogP contribution in [0.1, 0.15) is 42.1 Å². The first-order valence-electron chi connectivity index (χ1n) is 6.43. The second kappa shape index (κ2) is 5.61. The van der Waals surface area contributed by atoms with Gasteiger partial charge in [-0.3, -0.25) is 4.98 Å². The zero-order valence-corrected chi connectivity index (χ0v) is 10.8. The lowest BCUT2D eigenvalue weighted by Crippen LogP contribution is -2.22. The van der Waals surface area contributed by atoms with E-state index in [1.165, 1.54) is 11.1 Å². The predicted molar refractivity (Wildman–Crippen MR) is 68.8 cm³/mol. The lowest BCUT2D eigenvalue weighted by atomic mass is 9.90. The molecule has 1 saturated heterocycles. The Kier molecular flexibility index (Phi) is 4.13. The summed E-state index contributed by atoms with van der Waals surface area (Å²) < 4.78 is 5.37. The quantitative estimate of drug-likeness (QED) is 0.874. The average molecular weight is 234 g/mol. The normalized spacial score (nSPS) is 19.2. The van der Waals surface area contributed by atoms with E-state index >= 15 is 0 Å². The highest BCUT2D eigenvalue weighted by molar-refractivity contribution is 5.25. The van der Waals surface area contributed by atoms with E-state index in [2.05, 4.69) is 24.9 Å². The van der Waals surface area contributed by atoms with E-state index in [1.807, 2.05) is 6.20 Å². The Bertz CT molecular complexity index is 372. The van der Waals surface area contributed by atoms with E-state index in [9.17, 15) is 0 Å². The van der Waals surface area contributed by atoms with Crippen LogP contribution in [0.3, 0.4) is 0 Å². The van der Waals surface area contributed by atoms with Gasteiger partial charge < -0.3 is 10.5 Å². The van der Waals surface area contributed by atoms with Crippen LogP contribution in [-0.4, -0.2) is 18.2 Å². The standard InChI is InChI=1S/C14H22N2O/c1-10-7-11(2)14(16-9-10)13(15)8-12-3-5-17-6-4-12/h7,9,12-13H,3-6,8,15H2,1-2H3. The van der Waals surface area contributed by atoms with Crippen molar-refractivity contribution in [2.45, 2.75) is 39.2 Å². The van der Waals surface area contributed by atoms with Crippen LogP contribution < -0.4 is 5.73 Å². The minimum absolute atomic E-state index is 0.0682. The van der Waals surface area contributed by atoms with Gasteiger partial charge in [-0.1, -0.05) is 6.07 Å². The van der Waals surface area contributed by atoms with Crippen molar-refractivity contribution < 1.29 is 4.74 Å². The van der Waals surface area contributed by atoms with Crippen LogP contribution >= 0.6 is 0 Å². The summed E-state index contributed by atoms with van der Waals surface area (Å²) in [5.74, 6) is 0.696. The lowest BCUT2D eigenvalue weighted by Gasteiger charge is -2.25. The zero-order valence-electron chi connectivity index (χ0n) is 10.8. The molecule has 2 heterocycles. The highest BCUT2D eigenvalue weighted by Crippen LogP contribution is 2.26. The largest absolute Gasteiger partial charge is 0.381 e. The van der Waals surface area contributed by atoms with Crippen LogP contribution in [0.2, 0.25) is 0 Å². The van der Waals surface area contributed by atoms with Crippen LogP contribution in [0.5, 0.6) is 0 Å². The van der Waals surface area contributed by atoms with Gasteiger partial charge >= 0.3 is 0 Å². The molecular weight excluding hydrogens is 212 g/mol. The van der Waals surface area contributed by atoms with Gasteiger partial charge in [-0.2, -0.15) is 0 Å². The van der Waals surface area contributed by atoms with Gasteiger partial charge in [-0.15, -0.1) is 0 Å². The Morgan fingerprint density at radius 2 is 2.12 bits per heavy atom. The Labute approximate surface area is 103 Å². The maximum atomic E-state index is 6.27. The van der Waals surface area contributed by atoms with E-state index in [0.29, 0.717) is 5.92 Å². The van der Waals surface area contributed by atoms with Crippen molar-refractivity contribution in [1.82, 2.24) is 4.98 Å². The molecular formula is C14H22N2O. The minimum Gasteiger partial charge on any atom is -0.381 e. The minimum atomic E-state index is 0.0682. The Balaban J connectivity index is 2.00. The first-order valence-corrected chi connectivity index (χ1v) is 6.43. The fraction of sp³-hybridized carbons (Fsp3) is 0.643. The third-order valence-corrected chi connectivity index (χ3v) is 3.53. The summed E-state index contributed by atoms with van der Waals surface area (Å²) in [6.45, 7) is 5.93. The maximum Gasteiger partial charge on any atom is 0.0600 e. The molecule has 1 aliphatic heterocycles. The summed E-state index contributed by atoms with van der Waals surface area (Å²) in [6.07, 6.45) is 5.21. The van der Waals surface area contributed by atoms with Gasteiger partial charge in [0.1, 0.15) is 0 Å². The number of aromatic nitrogens is 1. The molecule has 3 heteroatoms. The van der Waals surface area contributed by atoms with Crippen molar-refractivity contribution in [2.24, 2.45) is 11.7 Å². The van der Waals surface area contributed by atoms with Crippen molar-refractivity contribution in [3.05, 3.63) is 29.1 Å². The Morgan fingerprint density at radius 3 is 2.76 bits per heavy atom. The predicted octanol–water partition coefficient (Wildman–Crippen LogP) is 2.51. The summed E-state index contributed by atoms with van der Waals surface area (Å²) in [4.78, 5) is 4.49. The lowest BCUT2D eigenvalue weighted by molar-refractivity contribution is 0.0617. The monoisotopic (exact) mass is 234 g/mol. The van der Waals surface area contributed by atoms with Gasteiger partial charge in [-0.05, 0) is 50.2 Å². The molecule has 0 spiro atoms. The van der Waals surface area contributed by atoms with Crippen molar-refractivity contribution >= 4 is 0 Å². The number of rotatable bonds is 3. The smallest absolute Gasteiger partial charge is 0.0600 e. The van der Waals surface area contributed by atoms with Crippen molar-refractivity contribution in [2.75, 3.05) is 13.2 Å². The van der Waals surface area contributed by atoms with Gasteiger partial charge in [0.2, 0.25) is 0 Å². The third kappa shape index (κ3) is 3.27. The van der Waals surface area contributed by atoms with E-state index < -0.39 is 0 Å². The average Bonchev–Trinajstić information content (AvgIpc) is 2.30. The van der Waals surface area contributed by atoms with Crippen molar-refractivity contribution in [3.8, 4) is 0 Å². The zero-order chi connectivity index (χ0) is 12.3. The van der Waals surface area contributed by atoms with E-state index in [1.54, 1.807) is 0 Å². The Hall–Kier alpha value is -0.930. The first-order chi connectivity index (χ1) is 8.16. The van der Waals surface area contributed by atoms with Gasteiger partial charge in [0, 0.05) is 25.5 Å². The summed E-state index contributed by atoms with van der Waals surface area (Å²) in [6, 6.07) is 2.23. The second-order valence-corrected chi connectivity index (χ2v) is 5.11. The van der Waals surface area contributed by atoms with E-state index in [0.717, 1.165) is 38.2 Å². The highest BCUT2D eigenvalue weighted by atomic mass is 16.5. The molecule has 2 rings (SSSR count). The number of ether oxygens (including phenoxy) is 1. The molecule has 1 aromatic rings. The van der Waals surface area contributed by atoms with E-state index in [4.69, 9.17) is 10.5 Å². The molecule has 0 aromatic carbocycles. The van der Waals surface area contributed by atoms with Crippen molar-refractivity contribution in [3.63, 3.8) is 0 Å². The SMILES string of the molecule is Cc1cnc(C(N)CC2CCOCC2)c(C)c1. The first kappa shape index (κ1) is 12.5. The topological polar surface area (TPSA) is 48.1 Å². The van der Waals surface area contributed by atoms with Crippen LogP contribution in [0.15, 0.2) is 12.3 Å². The number of nitrogens with two attached hydrogens (primary N) is 1. The number of hydrogen-bond acceptors (Lipinski definition) is 3. The summed E-state index contributed by atoms with van der Waals surface area (Å²) >= 11 is 0. The highest BCUT2D eigenvalue weighted by Gasteiger charge is 2.19. The van der Waals surface area contributed by atoms with Crippen LogP contribution in [0.4, 0.5) is 0 Å². The van der Waals surface area contributed by atoms with Gasteiger partial charge in [0.15, 0.2) is 0 Å². The molecule has 0 bridgehead atoms. The fourth-order valence-electron chi connectivity index (χ4n) is 2.57. The second-order valence-electron chi connectivity index (χ2n) is 5.11. The van der Waals surface area contributed by atoms with Crippen LogP contribution in [0.25, 0.3) is 0 Å². The van der Waals surface area contributed by atoms with Crippen LogP contribution in [-0.2, 0) is 4.74 Å². The molecule has 1 aliphatic rings. The Morgan fingerprint density at radius 1 is 1.41 bits per heavy atom. The molecule has 0 aliphatic carbocycles. The summed E-state index contributed by atoms with van der Waals surface area (Å²) in [5.41, 5.74) is 9.74. The molecule has 2 N–H and O–H groups in total. The van der Waals surface area contributed by atoms with Crippen molar-refractivity contribution in [1.29, 1.82) is 0 Å². The molecule has 1 aromatic heterocycles. The molecule has 1 unspecified atom stereocenters. The molecule has 3 nitrogen and oxygen atoms in total. The summed E-state index contributed by atoms with van der Waals surface area (Å²) in [7, 11) is 0. The van der Waals surface area contributed by atoms with Gasteiger partial charge in [-0.25, -0.2) is 0 Å². The molecule has 0 saturated carbocycles. The number of aryl methyl sites for hydroxylation is 2. The molecule has 0 amide bonds. The van der Waals surface area contributed by atoms with Gasteiger partial charge in [0.05, 0.1) is 5.69 Å². The van der Waals surface area contributed by atoms with Gasteiger partial charge in [0.25, 0.3) is 0 Å². The molecule has 0 radical (unpaired) electrons. The van der Waals surface area contributed by atoms with E-state index in [-0.39, 0.29) is 6.04 Å². The number of pyridine rings is 1. The molecule has 1 fully saturated rings. The fourth-order valence-corrected chi connectivity index (χ4v) is 2.57. The molecule has 17 heavy (non-hydrogen) atoms. The number of nitrogens with zero attached hydrogens (tertiary/aromatic N) is 1. The summed E-state index contributed by atoms with van der Waals surface area (Å²) in [5, 5.41) is 0. The third-order valence-electron chi connectivity index (χ3n) is 3.53. The molecule has 1 atom stereocenters. The number of hydrogen-bond donors (Lipinski definition) is 1. The maximum absolute atomic E-state index is 6.27. The molecule has 94 valence electrons. The van der Waals surface area contributed by atoms with Crippen LogP contribution in [0, 0.1) is 19.8 Å².